The van der Waals surface area contributed by atoms with E-state index in [0.29, 0.717) is 25.3 Å². The minimum atomic E-state index is -5.06. The minimum absolute atomic E-state index is 0.157. The molecule has 11 nitrogen and oxygen atoms in total. The van der Waals surface area contributed by atoms with Crippen LogP contribution in [-0.4, -0.2) is 68.4 Å². The summed E-state index contributed by atoms with van der Waals surface area (Å²) >= 11 is 1.48. The third-order valence-corrected chi connectivity index (χ3v) is 8.95. The summed E-state index contributed by atoms with van der Waals surface area (Å²) < 4.78 is 67.8. The number of hydrogen-bond donors (Lipinski definition) is 5. The first kappa shape index (κ1) is 32.0. The lowest BCUT2D eigenvalue weighted by atomic mass is 9.83. The summed E-state index contributed by atoms with van der Waals surface area (Å²) in [4.78, 5) is 37.5. The number of hydrogen-bond acceptors (Lipinski definition) is 8. The molecule has 0 heterocycles. The lowest BCUT2D eigenvalue weighted by molar-refractivity contribution is -0.274. The van der Waals surface area contributed by atoms with Gasteiger partial charge in [-0.15, -0.1) is 24.9 Å². The van der Waals surface area contributed by atoms with Gasteiger partial charge in [-0.3, -0.25) is 14.9 Å². The van der Waals surface area contributed by atoms with Crippen molar-refractivity contribution in [3.8, 4) is 5.75 Å². The fourth-order valence-electron chi connectivity index (χ4n) is 4.45. The van der Waals surface area contributed by atoms with E-state index in [1.165, 1.54) is 23.9 Å². The topological polar surface area (TPSA) is 177 Å². The zero-order valence-electron chi connectivity index (χ0n) is 21.7. The zero-order valence-corrected chi connectivity index (χ0v) is 23.4. The number of amides is 3. The smallest absolute Gasteiger partial charge is 0.465 e. The van der Waals surface area contributed by atoms with Gasteiger partial charge >= 0.3 is 12.5 Å². The second-order valence-electron chi connectivity index (χ2n) is 9.33. The lowest BCUT2D eigenvalue weighted by Gasteiger charge is -2.35. The van der Waals surface area contributed by atoms with Crippen molar-refractivity contribution in [2.45, 2.75) is 47.5 Å². The number of sulfone groups is 1. The minimum Gasteiger partial charge on any atom is -0.465 e. The Kier molecular flexibility index (Phi) is 10.5. The van der Waals surface area contributed by atoms with Crippen LogP contribution in [0.2, 0.25) is 0 Å². The standard InChI is InChI=1S/C25H29F3N4O7S2/c1-40-17-5-7-18(8-6-17)41(37,38)13-14-2-3-15(29)10-21(14)31-22(33)12-30-23(34)19-11-16(39-25(26,27)28)4-9-20(19)32-24(35)36/h4-9,11,14-15,21,32H,2-3,10,12-13,29H2,1H3,(H,30,34)(H,31,33)(H,35,36)/t14-,15+,21-/m0/s1. The largest absolute Gasteiger partial charge is 0.573 e. The van der Waals surface area contributed by atoms with Crippen molar-refractivity contribution < 1.29 is 45.8 Å². The van der Waals surface area contributed by atoms with Gasteiger partial charge in [0.05, 0.1) is 28.4 Å². The fourth-order valence-corrected chi connectivity index (χ4v) is 6.56. The van der Waals surface area contributed by atoms with E-state index < -0.39 is 63.9 Å². The number of nitrogens with two attached hydrogens (primary N) is 1. The van der Waals surface area contributed by atoms with E-state index in [1.807, 2.05) is 11.6 Å². The molecular formula is C25H29F3N4O7S2. The van der Waals surface area contributed by atoms with Crippen molar-refractivity contribution in [1.29, 1.82) is 0 Å². The molecule has 0 spiro atoms. The maximum atomic E-state index is 13.1. The molecule has 0 aliphatic heterocycles. The Morgan fingerprint density at radius 2 is 1.80 bits per heavy atom. The number of benzene rings is 2. The molecule has 3 atom stereocenters. The Morgan fingerprint density at radius 1 is 1.12 bits per heavy atom. The Hall–Kier alpha value is -3.50. The predicted molar refractivity (Wildman–Crippen MR) is 145 cm³/mol. The number of halogens is 3. The van der Waals surface area contributed by atoms with Crippen LogP contribution in [0.1, 0.15) is 29.6 Å². The van der Waals surface area contributed by atoms with Gasteiger partial charge < -0.3 is 26.2 Å². The molecule has 3 amide bonds. The first-order chi connectivity index (χ1) is 19.2. The Bertz CT molecular complexity index is 1370. The SMILES string of the molecule is CSc1ccc(S(=O)(=O)C[C@@H]2CC[C@@H](N)C[C@@H]2NC(=O)CNC(=O)c2cc(OC(F)(F)F)ccc2NC(=O)O)cc1. The van der Waals surface area contributed by atoms with E-state index in [2.05, 4.69) is 15.4 Å². The van der Waals surface area contributed by atoms with Crippen molar-refractivity contribution in [1.82, 2.24) is 10.6 Å². The van der Waals surface area contributed by atoms with Gasteiger partial charge in [0.15, 0.2) is 9.84 Å². The molecule has 0 saturated heterocycles. The van der Waals surface area contributed by atoms with E-state index in [1.54, 1.807) is 12.1 Å². The molecule has 1 fully saturated rings. The molecule has 6 N–H and O–H groups in total. The molecule has 1 aliphatic rings. The van der Waals surface area contributed by atoms with Crippen molar-refractivity contribution in [2.24, 2.45) is 11.7 Å². The number of carbonyl (C=O) groups excluding carboxylic acids is 2. The second kappa shape index (κ2) is 13.4. The molecule has 0 unspecified atom stereocenters. The van der Waals surface area contributed by atoms with Crippen LogP contribution in [0.4, 0.5) is 23.7 Å². The molecule has 1 saturated carbocycles. The molecule has 2 aromatic rings. The highest BCUT2D eigenvalue weighted by atomic mass is 32.2. The number of carboxylic acid groups (broad SMARTS) is 1. The monoisotopic (exact) mass is 618 g/mol. The Balaban J connectivity index is 1.68. The van der Waals surface area contributed by atoms with E-state index in [9.17, 15) is 36.0 Å². The first-order valence-corrected chi connectivity index (χ1v) is 15.1. The average molecular weight is 619 g/mol. The summed E-state index contributed by atoms with van der Waals surface area (Å²) in [5.74, 6) is -3.20. The van der Waals surface area contributed by atoms with Crippen LogP contribution in [0.5, 0.6) is 5.75 Å². The number of alkyl halides is 3. The maximum absolute atomic E-state index is 13.1. The van der Waals surface area contributed by atoms with Gasteiger partial charge in [0.1, 0.15) is 5.75 Å². The molecular weight excluding hydrogens is 589 g/mol. The zero-order chi connectivity index (χ0) is 30.4. The van der Waals surface area contributed by atoms with Crippen LogP contribution in [-0.2, 0) is 14.6 Å². The van der Waals surface area contributed by atoms with Crippen LogP contribution in [0.3, 0.4) is 0 Å². The predicted octanol–water partition coefficient (Wildman–Crippen LogP) is 3.21. The highest BCUT2D eigenvalue weighted by Gasteiger charge is 2.34. The number of anilines is 1. The third-order valence-electron chi connectivity index (χ3n) is 6.35. The van der Waals surface area contributed by atoms with E-state index in [0.717, 1.165) is 17.0 Å². The van der Waals surface area contributed by atoms with Crippen LogP contribution in [0.25, 0.3) is 0 Å². The van der Waals surface area contributed by atoms with Gasteiger partial charge in [-0.2, -0.15) is 0 Å². The van der Waals surface area contributed by atoms with Crippen LogP contribution in [0, 0.1) is 5.92 Å². The van der Waals surface area contributed by atoms with E-state index in [4.69, 9.17) is 10.8 Å². The van der Waals surface area contributed by atoms with E-state index in [-0.39, 0.29) is 22.4 Å². The number of thioether (sulfide) groups is 1. The maximum Gasteiger partial charge on any atom is 0.573 e. The third kappa shape index (κ3) is 9.54. The van der Waals surface area contributed by atoms with Crippen LogP contribution >= 0.6 is 11.8 Å². The number of ether oxygens (including phenoxy) is 1. The Labute approximate surface area is 238 Å². The summed E-state index contributed by atoms with van der Waals surface area (Å²) in [7, 11) is -3.68. The molecule has 41 heavy (non-hydrogen) atoms. The second-order valence-corrected chi connectivity index (χ2v) is 12.2. The fraction of sp³-hybridized carbons (Fsp3) is 0.400. The van der Waals surface area contributed by atoms with Gasteiger partial charge in [-0.1, -0.05) is 0 Å². The van der Waals surface area contributed by atoms with Gasteiger partial charge in [-0.25, -0.2) is 13.2 Å². The molecule has 3 rings (SSSR count). The van der Waals surface area contributed by atoms with Crippen molar-refractivity contribution in [3.63, 3.8) is 0 Å². The first-order valence-electron chi connectivity index (χ1n) is 12.3. The quantitative estimate of drug-likeness (QED) is 0.250. The average Bonchev–Trinajstić information content (AvgIpc) is 2.88. The van der Waals surface area contributed by atoms with Gasteiger partial charge in [0, 0.05) is 17.0 Å². The lowest BCUT2D eigenvalue weighted by Crippen LogP contribution is -2.51. The van der Waals surface area contributed by atoms with Crippen molar-refractivity contribution in [2.75, 3.05) is 23.9 Å². The molecule has 0 aromatic heterocycles. The summed E-state index contributed by atoms with van der Waals surface area (Å²) in [6.45, 7) is -0.628. The number of nitrogens with one attached hydrogen (secondary N) is 3. The van der Waals surface area contributed by atoms with Crippen molar-refractivity contribution >= 4 is 45.2 Å². The molecule has 0 bridgehead atoms. The number of rotatable bonds is 10. The summed E-state index contributed by atoms with van der Waals surface area (Å²) in [5, 5.41) is 15.8. The van der Waals surface area contributed by atoms with Crippen molar-refractivity contribution in [3.05, 3.63) is 48.0 Å². The summed E-state index contributed by atoms with van der Waals surface area (Å²) in [6, 6.07) is 7.98. The van der Waals surface area contributed by atoms with Gasteiger partial charge in [0.25, 0.3) is 5.91 Å². The number of carbonyl (C=O) groups is 3. The van der Waals surface area contributed by atoms with Crippen LogP contribution in [0.15, 0.2) is 52.3 Å². The molecule has 2 aromatic carbocycles. The van der Waals surface area contributed by atoms with Gasteiger partial charge in [-0.05, 0) is 73.9 Å². The highest BCUT2D eigenvalue weighted by Crippen LogP contribution is 2.29. The molecule has 16 heteroatoms. The normalized spacial score (nSPS) is 19.2. The highest BCUT2D eigenvalue weighted by molar-refractivity contribution is 7.98. The summed E-state index contributed by atoms with van der Waals surface area (Å²) in [6.07, 6.45) is -3.46. The Morgan fingerprint density at radius 3 is 2.41 bits per heavy atom. The van der Waals surface area contributed by atoms with Crippen LogP contribution < -0.4 is 26.4 Å². The molecule has 224 valence electrons. The van der Waals surface area contributed by atoms with Gasteiger partial charge in [0.2, 0.25) is 5.91 Å². The molecule has 1 aliphatic carbocycles. The van der Waals surface area contributed by atoms with E-state index >= 15 is 0 Å². The summed E-state index contributed by atoms with van der Waals surface area (Å²) in [5.41, 5.74) is 5.21. The molecule has 0 radical (unpaired) electrons.